The Kier molecular flexibility index (Phi) is 4.69. The van der Waals surface area contributed by atoms with Gasteiger partial charge in [-0.2, -0.15) is 0 Å². The van der Waals surface area contributed by atoms with Crippen LogP contribution in [0.3, 0.4) is 0 Å². The molecule has 0 heterocycles. The van der Waals surface area contributed by atoms with Gasteiger partial charge in [-0.3, -0.25) is 0 Å². The van der Waals surface area contributed by atoms with Gasteiger partial charge in [0.1, 0.15) is 0 Å². The van der Waals surface area contributed by atoms with Gasteiger partial charge in [-0.25, -0.2) is 4.79 Å². The maximum atomic E-state index is 12.2. The third kappa shape index (κ3) is 3.90. The molecular formula is C14H26N2O. The number of nitrogens with one attached hydrogen (secondary N) is 1. The smallest absolute Gasteiger partial charge is 0.317 e. The Labute approximate surface area is 105 Å². The van der Waals surface area contributed by atoms with Crippen molar-refractivity contribution in [2.45, 2.75) is 76.8 Å². The van der Waals surface area contributed by atoms with E-state index in [1.807, 2.05) is 0 Å². The summed E-state index contributed by atoms with van der Waals surface area (Å²) in [6, 6.07) is 1.19. The predicted molar refractivity (Wildman–Crippen MR) is 70.0 cm³/mol. The second kappa shape index (κ2) is 6.27. The number of hydrogen-bond donors (Lipinski definition) is 1. The fraction of sp³-hybridized carbons (Fsp3) is 0.929. The van der Waals surface area contributed by atoms with E-state index in [4.69, 9.17) is 0 Å². The summed E-state index contributed by atoms with van der Waals surface area (Å²) in [6.07, 6.45) is 11.0. The zero-order chi connectivity index (χ0) is 12.1. The monoisotopic (exact) mass is 238 g/mol. The van der Waals surface area contributed by atoms with E-state index in [1.54, 1.807) is 0 Å². The first-order chi connectivity index (χ1) is 8.31. The molecule has 0 aromatic rings. The van der Waals surface area contributed by atoms with E-state index in [0.29, 0.717) is 12.1 Å². The summed E-state index contributed by atoms with van der Waals surface area (Å²) in [5, 5.41) is 3.24. The van der Waals surface area contributed by atoms with Gasteiger partial charge in [0.05, 0.1) is 0 Å². The van der Waals surface area contributed by atoms with Crippen LogP contribution in [0.25, 0.3) is 0 Å². The molecule has 17 heavy (non-hydrogen) atoms. The topological polar surface area (TPSA) is 32.3 Å². The number of nitrogens with zero attached hydrogens (tertiary/aromatic N) is 1. The van der Waals surface area contributed by atoms with Gasteiger partial charge in [-0.1, -0.05) is 32.6 Å². The van der Waals surface area contributed by atoms with E-state index in [1.165, 1.54) is 51.4 Å². The molecular weight excluding hydrogens is 212 g/mol. The van der Waals surface area contributed by atoms with Crippen molar-refractivity contribution >= 4 is 6.03 Å². The molecule has 0 saturated heterocycles. The number of rotatable bonds is 5. The molecule has 0 radical (unpaired) electrons. The van der Waals surface area contributed by atoms with Crippen molar-refractivity contribution < 1.29 is 4.79 Å². The highest BCUT2D eigenvalue weighted by Gasteiger charge is 2.32. The summed E-state index contributed by atoms with van der Waals surface area (Å²) < 4.78 is 0. The minimum atomic E-state index is 0.202. The number of amides is 2. The van der Waals surface area contributed by atoms with Crippen molar-refractivity contribution in [3.8, 4) is 0 Å². The van der Waals surface area contributed by atoms with Gasteiger partial charge in [0.15, 0.2) is 0 Å². The lowest BCUT2D eigenvalue weighted by atomic mass is 9.96. The Balaban J connectivity index is 1.78. The molecule has 98 valence electrons. The van der Waals surface area contributed by atoms with E-state index in [9.17, 15) is 4.79 Å². The molecule has 0 spiro atoms. The van der Waals surface area contributed by atoms with E-state index < -0.39 is 0 Å². The zero-order valence-electron chi connectivity index (χ0n) is 11.1. The van der Waals surface area contributed by atoms with Crippen LogP contribution in [-0.4, -0.2) is 29.6 Å². The lowest BCUT2D eigenvalue weighted by Crippen LogP contribution is -2.46. The van der Waals surface area contributed by atoms with Crippen molar-refractivity contribution in [3.05, 3.63) is 0 Å². The van der Waals surface area contributed by atoms with Crippen LogP contribution < -0.4 is 5.32 Å². The molecule has 3 heteroatoms. The zero-order valence-corrected chi connectivity index (χ0v) is 11.1. The highest BCUT2D eigenvalue weighted by Crippen LogP contribution is 2.27. The molecule has 0 unspecified atom stereocenters. The minimum Gasteiger partial charge on any atom is -0.335 e. The summed E-state index contributed by atoms with van der Waals surface area (Å²) in [6.45, 7) is 3.13. The maximum Gasteiger partial charge on any atom is 0.317 e. The van der Waals surface area contributed by atoms with Crippen LogP contribution in [0.2, 0.25) is 0 Å². The van der Waals surface area contributed by atoms with Crippen molar-refractivity contribution in [3.63, 3.8) is 0 Å². The lowest BCUT2D eigenvalue weighted by Gasteiger charge is -2.28. The maximum absolute atomic E-state index is 12.2. The standard InChI is InChI=1S/C14H26N2O/c1-2-3-11-16(13-9-10-13)14(17)15-12-7-5-4-6-8-12/h12-13H,2-11H2,1H3,(H,15,17). The number of carbonyl (C=O) groups excluding carboxylic acids is 1. The Hall–Kier alpha value is -0.730. The second-order valence-electron chi connectivity index (χ2n) is 5.56. The van der Waals surface area contributed by atoms with Crippen LogP contribution >= 0.6 is 0 Å². The molecule has 2 rings (SSSR count). The predicted octanol–water partition coefficient (Wildman–Crippen LogP) is 3.29. The average molecular weight is 238 g/mol. The Morgan fingerprint density at radius 1 is 1.18 bits per heavy atom. The second-order valence-corrected chi connectivity index (χ2v) is 5.56. The van der Waals surface area contributed by atoms with Crippen LogP contribution in [0.5, 0.6) is 0 Å². The first-order valence-electron chi connectivity index (χ1n) is 7.38. The van der Waals surface area contributed by atoms with Crippen LogP contribution in [0, 0.1) is 0 Å². The fourth-order valence-corrected chi connectivity index (χ4v) is 2.67. The number of unbranched alkanes of at least 4 members (excludes halogenated alkanes) is 1. The highest BCUT2D eigenvalue weighted by atomic mass is 16.2. The first-order valence-corrected chi connectivity index (χ1v) is 7.38. The molecule has 0 aromatic heterocycles. The SMILES string of the molecule is CCCCN(C(=O)NC1CCCCC1)C1CC1. The van der Waals surface area contributed by atoms with Crippen LogP contribution in [0.4, 0.5) is 4.79 Å². The lowest BCUT2D eigenvalue weighted by molar-refractivity contribution is 0.186. The van der Waals surface area contributed by atoms with Crippen LogP contribution in [0.15, 0.2) is 0 Å². The van der Waals surface area contributed by atoms with Gasteiger partial charge >= 0.3 is 6.03 Å². The van der Waals surface area contributed by atoms with E-state index in [2.05, 4.69) is 17.1 Å². The van der Waals surface area contributed by atoms with E-state index in [-0.39, 0.29) is 6.03 Å². The quantitative estimate of drug-likeness (QED) is 0.783. The van der Waals surface area contributed by atoms with Gasteiger partial charge in [0.25, 0.3) is 0 Å². The summed E-state index contributed by atoms with van der Waals surface area (Å²) in [7, 11) is 0. The number of carbonyl (C=O) groups is 1. The molecule has 2 fully saturated rings. The summed E-state index contributed by atoms with van der Waals surface area (Å²) in [4.78, 5) is 14.3. The fourth-order valence-electron chi connectivity index (χ4n) is 2.67. The third-order valence-electron chi connectivity index (χ3n) is 3.93. The Morgan fingerprint density at radius 3 is 2.47 bits per heavy atom. The van der Waals surface area contributed by atoms with Crippen molar-refractivity contribution in [1.29, 1.82) is 0 Å². The van der Waals surface area contributed by atoms with Gasteiger partial charge < -0.3 is 10.2 Å². The van der Waals surface area contributed by atoms with Crippen LogP contribution in [-0.2, 0) is 0 Å². The van der Waals surface area contributed by atoms with Gasteiger partial charge in [0, 0.05) is 18.6 Å². The molecule has 3 nitrogen and oxygen atoms in total. The number of urea groups is 1. The summed E-state index contributed by atoms with van der Waals surface area (Å²) >= 11 is 0. The number of hydrogen-bond acceptors (Lipinski definition) is 1. The van der Waals surface area contributed by atoms with Gasteiger partial charge in [-0.15, -0.1) is 0 Å². The van der Waals surface area contributed by atoms with Crippen molar-refractivity contribution in [1.82, 2.24) is 10.2 Å². The Bertz CT molecular complexity index is 245. The molecule has 0 aliphatic heterocycles. The molecule has 0 bridgehead atoms. The molecule has 2 amide bonds. The third-order valence-corrected chi connectivity index (χ3v) is 3.93. The van der Waals surface area contributed by atoms with Gasteiger partial charge in [0.2, 0.25) is 0 Å². The van der Waals surface area contributed by atoms with Crippen molar-refractivity contribution in [2.75, 3.05) is 6.54 Å². The molecule has 1 N–H and O–H groups in total. The summed E-state index contributed by atoms with van der Waals surface area (Å²) in [5.41, 5.74) is 0. The van der Waals surface area contributed by atoms with Crippen LogP contribution in [0.1, 0.15) is 64.7 Å². The summed E-state index contributed by atoms with van der Waals surface area (Å²) in [5.74, 6) is 0. The molecule has 2 aliphatic carbocycles. The molecule has 2 aliphatic rings. The average Bonchev–Trinajstić information content (AvgIpc) is 3.15. The Morgan fingerprint density at radius 2 is 1.88 bits per heavy atom. The largest absolute Gasteiger partial charge is 0.335 e. The van der Waals surface area contributed by atoms with E-state index >= 15 is 0 Å². The minimum absolute atomic E-state index is 0.202. The van der Waals surface area contributed by atoms with Gasteiger partial charge in [-0.05, 0) is 32.1 Å². The highest BCUT2D eigenvalue weighted by molar-refractivity contribution is 5.75. The molecule has 0 atom stereocenters. The first kappa shape index (κ1) is 12.7. The molecule has 2 saturated carbocycles. The molecule has 0 aromatic carbocycles. The van der Waals surface area contributed by atoms with E-state index in [0.717, 1.165) is 13.0 Å². The van der Waals surface area contributed by atoms with Crippen molar-refractivity contribution in [2.24, 2.45) is 0 Å². The normalized spacial score (nSPS) is 21.2.